The van der Waals surface area contributed by atoms with Gasteiger partial charge in [0.2, 0.25) is 0 Å². The topological polar surface area (TPSA) is 83.7 Å². The summed E-state index contributed by atoms with van der Waals surface area (Å²) in [6.07, 6.45) is 2.93. The van der Waals surface area contributed by atoms with Crippen LogP contribution in [0.5, 0.6) is 5.75 Å². The summed E-state index contributed by atoms with van der Waals surface area (Å²) in [6.45, 7) is 2.59. The summed E-state index contributed by atoms with van der Waals surface area (Å²) in [5.41, 5.74) is 1.18. The van der Waals surface area contributed by atoms with Crippen molar-refractivity contribution in [3.63, 3.8) is 0 Å². The standard InChI is InChI=1S/C14H11N5OS/c1-2-20-10-3-4-11-12(5-10)21-14(18-11)19-13-8-16-9(6-15)7-17-13/h3-5,7-8H,2H2,1H3,(H,17,18,19). The number of aromatic nitrogens is 3. The molecule has 3 rings (SSSR count). The van der Waals surface area contributed by atoms with Gasteiger partial charge in [0.25, 0.3) is 0 Å². The van der Waals surface area contributed by atoms with Crippen molar-refractivity contribution in [2.24, 2.45) is 0 Å². The normalized spacial score (nSPS) is 10.3. The van der Waals surface area contributed by atoms with Gasteiger partial charge < -0.3 is 10.1 Å². The number of fused-ring (bicyclic) bond motifs is 1. The van der Waals surface area contributed by atoms with Crippen LogP contribution in [-0.4, -0.2) is 21.6 Å². The number of nitrogens with one attached hydrogen (secondary N) is 1. The highest BCUT2D eigenvalue weighted by Gasteiger charge is 2.06. The molecule has 2 heterocycles. The molecule has 0 spiro atoms. The second-order valence-electron chi connectivity index (χ2n) is 4.11. The number of nitrogens with zero attached hydrogens (tertiary/aromatic N) is 4. The van der Waals surface area contributed by atoms with Crippen molar-refractivity contribution in [1.29, 1.82) is 5.26 Å². The predicted molar refractivity (Wildman–Crippen MR) is 80.8 cm³/mol. The lowest BCUT2D eigenvalue weighted by atomic mass is 10.3. The maximum Gasteiger partial charge on any atom is 0.189 e. The Bertz CT molecular complexity index is 806. The summed E-state index contributed by atoms with van der Waals surface area (Å²) in [5.74, 6) is 1.39. The van der Waals surface area contributed by atoms with Crippen molar-refractivity contribution in [1.82, 2.24) is 15.0 Å². The molecule has 0 aliphatic heterocycles. The molecule has 2 aromatic heterocycles. The molecule has 0 fully saturated rings. The van der Waals surface area contributed by atoms with E-state index in [1.807, 2.05) is 31.2 Å². The zero-order valence-corrected chi connectivity index (χ0v) is 12.0. The Morgan fingerprint density at radius 1 is 1.33 bits per heavy atom. The number of rotatable bonds is 4. The van der Waals surface area contributed by atoms with Gasteiger partial charge in [-0.25, -0.2) is 15.0 Å². The van der Waals surface area contributed by atoms with E-state index in [-0.39, 0.29) is 5.69 Å². The van der Waals surface area contributed by atoms with Crippen LogP contribution in [-0.2, 0) is 0 Å². The van der Waals surface area contributed by atoms with E-state index < -0.39 is 0 Å². The van der Waals surface area contributed by atoms with E-state index >= 15 is 0 Å². The molecule has 7 heteroatoms. The van der Waals surface area contributed by atoms with E-state index in [1.165, 1.54) is 23.7 Å². The molecule has 0 saturated heterocycles. The molecule has 1 N–H and O–H groups in total. The molecule has 0 unspecified atom stereocenters. The van der Waals surface area contributed by atoms with Gasteiger partial charge in [0, 0.05) is 0 Å². The first-order chi connectivity index (χ1) is 10.3. The highest BCUT2D eigenvalue weighted by atomic mass is 32.1. The van der Waals surface area contributed by atoms with Gasteiger partial charge in [-0.1, -0.05) is 11.3 Å². The van der Waals surface area contributed by atoms with Crippen LogP contribution >= 0.6 is 11.3 Å². The fourth-order valence-corrected chi connectivity index (χ4v) is 2.68. The smallest absolute Gasteiger partial charge is 0.189 e. The Morgan fingerprint density at radius 3 is 2.95 bits per heavy atom. The number of ether oxygens (including phenoxy) is 1. The van der Waals surface area contributed by atoms with E-state index in [1.54, 1.807) is 0 Å². The van der Waals surface area contributed by atoms with Gasteiger partial charge in [-0.2, -0.15) is 5.26 Å². The van der Waals surface area contributed by atoms with E-state index in [2.05, 4.69) is 20.3 Å². The highest BCUT2D eigenvalue weighted by molar-refractivity contribution is 7.22. The van der Waals surface area contributed by atoms with Crippen molar-refractivity contribution in [3.05, 3.63) is 36.3 Å². The molecule has 1 aromatic carbocycles. The SMILES string of the molecule is CCOc1ccc2nc(Nc3cnc(C#N)cn3)sc2c1. The molecule has 104 valence electrons. The number of hydrogen-bond donors (Lipinski definition) is 1. The van der Waals surface area contributed by atoms with Crippen molar-refractivity contribution >= 4 is 32.5 Å². The van der Waals surface area contributed by atoms with Crippen LogP contribution < -0.4 is 10.1 Å². The lowest BCUT2D eigenvalue weighted by Gasteiger charge is -2.00. The number of benzene rings is 1. The van der Waals surface area contributed by atoms with E-state index in [0.717, 1.165) is 21.1 Å². The van der Waals surface area contributed by atoms with Crippen LogP contribution in [0.15, 0.2) is 30.6 Å². The number of anilines is 2. The molecule has 6 nitrogen and oxygen atoms in total. The van der Waals surface area contributed by atoms with Crippen LogP contribution in [0.3, 0.4) is 0 Å². The molecule has 0 bridgehead atoms. The van der Waals surface area contributed by atoms with Gasteiger partial charge in [-0.05, 0) is 25.1 Å². The Hall–Kier alpha value is -2.72. The summed E-state index contributed by atoms with van der Waals surface area (Å²) in [7, 11) is 0. The van der Waals surface area contributed by atoms with Gasteiger partial charge in [-0.3, -0.25) is 0 Å². The maximum absolute atomic E-state index is 8.69. The third-order valence-electron chi connectivity index (χ3n) is 2.67. The van der Waals surface area contributed by atoms with Gasteiger partial charge in [0.1, 0.15) is 11.8 Å². The fraction of sp³-hybridized carbons (Fsp3) is 0.143. The Morgan fingerprint density at radius 2 is 2.24 bits per heavy atom. The maximum atomic E-state index is 8.69. The largest absolute Gasteiger partial charge is 0.494 e. The van der Waals surface area contributed by atoms with Crippen LogP contribution in [0.4, 0.5) is 10.9 Å². The van der Waals surface area contributed by atoms with Crippen LogP contribution in [0, 0.1) is 11.3 Å². The van der Waals surface area contributed by atoms with Crippen LogP contribution in [0.1, 0.15) is 12.6 Å². The average molecular weight is 297 g/mol. The third kappa shape index (κ3) is 2.90. The monoisotopic (exact) mass is 297 g/mol. The Kier molecular flexibility index (Phi) is 3.62. The van der Waals surface area contributed by atoms with E-state index in [4.69, 9.17) is 10.00 Å². The summed E-state index contributed by atoms with van der Waals surface area (Å²) < 4.78 is 6.50. The molecule has 0 amide bonds. The lowest BCUT2D eigenvalue weighted by molar-refractivity contribution is 0.341. The van der Waals surface area contributed by atoms with E-state index in [9.17, 15) is 0 Å². The molecule has 21 heavy (non-hydrogen) atoms. The van der Waals surface area contributed by atoms with Gasteiger partial charge in [0.05, 0.1) is 29.2 Å². The minimum atomic E-state index is 0.284. The van der Waals surface area contributed by atoms with Gasteiger partial charge >= 0.3 is 0 Å². The van der Waals surface area contributed by atoms with Crippen LogP contribution in [0.2, 0.25) is 0 Å². The summed E-state index contributed by atoms with van der Waals surface area (Å²) in [5, 5.41) is 12.5. The fourth-order valence-electron chi connectivity index (χ4n) is 1.77. The molecule has 0 aliphatic carbocycles. The average Bonchev–Trinajstić information content (AvgIpc) is 2.90. The first kappa shape index (κ1) is 13.3. The van der Waals surface area contributed by atoms with Crippen molar-refractivity contribution in [3.8, 4) is 11.8 Å². The number of thiazole rings is 1. The predicted octanol–water partition coefficient (Wildman–Crippen LogP) is 3.10. The minimum absolute atomic E-state index is 0.284. The second kappa shape index (κ2) is 5.73. The zero-order valence-electron chi connectivity index (χ0n) is 11.2. The molecule has 0 saturated carbocycles. The minimum Gasteiger partial charge on any atom is -0.494 e. The zero-order chi connectivity index (χ0) is 14.7. The summed E-state index contributed by atoms with van der Waals surface area (Å²) in [4.78, 5) is 12.5. The summed E-state index contributed by atoms with van der Waals surface area (Å²) in [6, 6.07) is 7.72. The molecular formula is C14H11N5OS. The Labute approximate surface area is 125 Å². The third-order valence-corrected chi connectivity index (χ3v) is 3.61. The van der Waals surface area contributed by atoms with Crippen molar-refractivity contribution in [2.75, 3.05) is 11.9 Å². The molecule has 0 radical (unpaired) electrons. The second-order valence-corrected chi connectivity index (χ2v) is 5.14. The molecular weight excluding hydrogens is 286 g/mol. The van der Waals surface area contributed by atoms with Gasteiger partial charge in [-0.15, -0.1) is 0 Å². The molecule has 0 atom stereocenters. The lowest BCUT2D eigenvalue weighted by Crippen LogP contribution is -1.94. The van der Waals surface area contributed by atoms with Crippen LogP contribution in [0.25, 0.3) is 10.2 Å². The molecule has 0 aliphatic rings. The van der Waals surface area contributed by atoms with Crippen molar-refractivity contribution in [2.45, 2.75) is 6.92 Å². The van der Waals surface area contributed by atoms with Crippen molar-refractivity contribution < 1.29 is 4.74 Å². The first-order valence-electron chi connectivity index (χ1n) is 6.31. The van der Waals surface area contributed by atoms with E-state index in [0.29, 0.717) is 12.4 Å². The highest BCUT2D eigenvalue weighted by Crippen LogP contribution is 2.30. The Balaban J connectivity index is 1.85. The van der Waals surface area contributed by atoms with Gasteiger partial charge in [0.15, 0.2) is 16.6 Å². The molecule has 3 aromatic rings. The quantitative estimate of drug-likeness (QED) is 0.796. The summed E-state index contributed by atoms with van der Waals surface area (Å²) >= 11 is 1.51. The first-order valence-corrected chi connectivity index (χ1v) is 7.12. The number of nitriles is 1. The number of hydrogen-bond acceptors (Lipinski definition) is 7.